The van der Waals surface area contributed by atoms with Crippen molar-refractivity contribution >= 4 is 11.9 Å². The first-order chi connectivity index (χ1) is 6.86. The fourth-order valence-electron chi connectivity index (χ4n) is 0.931. The second kappa shape index (κ2) is 3.69. The number of allylic oxidation sites excluding steroid dienone is 2. The van der Waals surface area contributed by atoms with Crippen LogP contribution < -0.4 is 5.32 Å². The Labute approximate surface area is 78.8 Å². The predicted molar refractivity (Wildman–Crippen MR) is 46.0 cm³/mol. The summed E-state index contributed by atoms with van der Waals surface area (Å²) >= 11 is 0. The number of ether oxygens (including phenoxy) is 1. The molecule has 2 N–H and O–H groups in total. The number of nitrogens with one attached hydrogen (secondary N) is 2. The summed E-state index contributed by atoms with van der Waals surface area (Å²) < 4.78 is 5.02. The Morgan fingerprint density at radius 2 is 2.50 bits per heavy atom. The Kier molecular flexibility index (Phi) is 2.22. The Morgan fingerprint density at radius 1 is 1.57 bits per heavy atom. The van der Waals surface area contributed by atoms with Crippen molar-refractivity contribution in [3.05, 3.63) is 24.5 Å². The van der Waals surface area contributed by atoms with Gasteiger partial charge in [-0.1, -0.05) is 11.2 Å². The minimum absolute atomic E-state index is 0.126. The van der Waals surface area contributed by atoms with Gasteiger partial charge in [-0.05, 0) is 17.4 Å². The lowest BCUT2D eigenvalue weighted by Gasteiger charge is -2.12. The smallest absolute Gasteiger partial charge is 0.271 e. The number of anilines is 1. The van der Waals surface area contributed by atoms with Crippen molar-refractivity contribution in [3.8, 4) is 0 Å². The van der Waals surface area contributed by atoms with Crippen LogP contribution in [0.4, 0.5) is 5.95 Å². The van der Waals surface area contributed by atoms with E-state index in [4.69, 9.17) is 4.74 Å². The molecule has 7 nitrogen and oxygen atoms in total. The van der Waals surface area contributed by atoms with E-state index >= 15 is 0 Å². The Bertz CT molecular complexity index is 369. The average Bonchev–Trinajstić information content (AvgIpc) is 2.72. The molecule has 2 heterocycles. The Hall–Kier alpha value is -2.18. The molecule has 1 amide bonds. The number of aromatic amines is 1. The molecule has 0 aromatic carbocycles. The molecule has 0 saturated heterocycles. The highest BCUT2D eigenvalue weighted by molar-refractivity contribution is 5.94. The molecule has 72 valence electrons. The number of H-pyrrole nitrogens is 1. The predicted octanol–water partition coefficient (Wildman–Crippen LogP) is -0.393. The molecular formula is C7H7N5O2. The normalized spacial score (nSPS) is 19.0. The summed E-state index contributed by atoms with van der Waals surface area (Å²) in [5.74, 6) is -0.214. The van der Waals surface area contributed by atoms with Crippen molar-refractivity contribution in [1.82, 2.24) is 20.6 Å². The van der Waals surface area contributed by atoms with E-state index in [0.717, 1.165) is 0 Å². The van der Waals surface area contributed by atoms with Crippen LogP contribution in [-0.4, -0.2) is 32.6 Å². The number of aromatic nitrogens is 4. The summed E-state index contributed by atoms with van der Waals surface area (Å²) in [4.78, 5) is 11.4. The van der Waals surface area contributed by atoms with Crippen LogP contribution in [0.5, 0.6) is 0 Å². The van der Waals surface area contributed by atoms with Gasteiger partial charge in [-0.25, -0.2) is 0 Å². The lowest BCUT2D eigenvalue weighted by Crippen LogP contribution is -2.28. The first-order valence-corrected chi connectivity index (χ1v) is 3.89. The summed E-state index contributed by atoms with van der Waals surface area (Å²) in [5, 5.41) is 15.1. The third-order valence-corrected chi connectivity index (χ3v) is 1.54. The van der Waals surface area contributed by atoms with Crippen LogP contribution in [0.3, 0.4) is 0 Å². The maximum atomic E-state index is 11.4. The van der Waals surface area contributed by atoms with Gasteiger partial charge in [0.2, 0.25) is 0 Å². The van der Waals surface area contributed by atoms with Gasteiger partial charge in [0.05, 0.1) is 6.26 Å². The molecule has 0 fully saturated rings. The van der Waals surface area contributed by atoms with E-state index < -0.39 is 6.10 Å². The van der Waals surface area contributed by atoms with E-state index in [2.05, 4.69) is 25.9 Å². The molecule has 0 saturated carbocycles. The van der Waals surface area contributed by atoms with Crippen molar-refractivity contribution in [1.29, 1.82) is 0 Å². The number of hydrogen-bond donors (Lipinski definition) is 2. The molecule has 0 aliphatic carbocycles. The zero-order valence-electron chi connectivity index (χ0n) is 7.04. The third kappa shape index (κ3) is 1.76. The number of nitrogens with zero attached hydrogens (tertiary/aromatic N) is 3. The SMILES string of the molecule is O=C(Nc1nn[nH]n1)C1C=CC=CO1. The van der Waals surface area contributed by atoms with E-state index in [0.29, 0.717) is 0 Å². The fraction of sp³-hybridized carbons (Fsp3) is 0.143. The molecule has 14 heavy (non-hydrogen) atoms. The van der Waals surface area contributed by atoms with Crippen LogP contribution in [0.25, 0.3) is 0 Å². The summed E-state index contributed by atoms with van der Waals surface area (Å²) in [7, 11) is 0. The number of hydrogen-bond acceptors (Lipinski definition) is 5. The molecule has 0 spiro atoms. The highest BCUT2D eigenvalue weighted by Gasteiger charge is 2.18. The highest BCUT2D eigenvalue weighted by atomic mass is 16.5. The van der Waals surface area contributed by atoms with Gasteiger partial charge in [-0.15, -0.1) is 5.10 Å². The summed E-state index contributed by atoms with van der Waals surface area (Å²) in [5.41, 5.74) is 0. The molecule has 1 aromatic heterocycles. The molecule has 1 atom stereocenters. The highest BCUT2D eigenvalue weighted by Crippen LogP contribution is 2.04. The second-order valence-electron chi connectivity index (χ2n) is 2.49. The summed E-state index contributed by atoms with van der Waals surface area (Å²) in [6.45, 7) is 0. The number of carbonyl (C=O) groups is 1. The van der Waals surface area contributed by atoms with Gasteiger partial charge in [-0.3, -0.25) is 10.1 Å². The van der Waals surface area contributed by atoms with Crippen LogP contribution >= 0.6 is 0 Å². The molecule has 1 aromatic rings. The zero-order chi connectivity index (χ0) is 9.80. The molecule has 2 rings (SSSR count). The molecule has 1 unspecified atom stereocenters. The largest absolute Gasteiger partial charge is 0.484 e. The van der Waals surface area contributed by atoms with Gasteiger partial charge < -0.3 is 4.74 Å². The molecular weight excluding hydrogens is 186 g/mol. The Balaban J connectivity index is 1.96. The first kappa shape index (κ1) is 8.42. The number of tetrazole rings is 1. The zero-order valence-corrected chi connectivity index (χ0v) is 7.04. The van der Waals surface area contributed by atoms with Crippen molar-refractivity contribution < 1.29 is 9.53 Å². The maximum Gasteiger partial charge on any atom is 0.271 e. The first-order valence-electron chi connectivity index (χ1n) is 3.89. The maximum absolute atomic E-state index is 11.4. The van der Waals surface area contributed by atoms with E-state index in [1.165, 1.54) is 6.26 Å². The summed E-state index contributed by atoms with van der Waals surface area (Å²) in [6, 6.07) is 0. The van der Waals surface area contributed by atoms with Crippen LogP contribution in [-0.2, 0) is 9.53 Å². The standard InChI is InChI=1S/C7H7N5O2/c13-6(5-3-1-2-4-14-5)8-7-9-11-12-10-7/h1-5H,(H2,8,9,10,11,12,13). The topological polar surface area (TPSA) is 92.8 Å². The van der Waals surface area contributed by atoms with E-state index in [1.54, 1.807) is 18.2 Å². The monoisotopic (exact) mass is 193 g/mol. The van der Waals surface area contributed by atoms with Gasteiger partial charge in [-0.2, -0.15) is 5.21 Å². The van der Waals surface area contributed by atoms with E-state index in [1.807, 2.05) is 0 Å². The van der Waals surface area contributed by atoms with Crippen LogP contribution in [0.1, 0.15) is 0 Å². The van der Waals surface area contributed by atoms with E-state index in [-0.39, 0.29) is 11.9 Å². The fourth-order valence-corrected chi connectivity index (χ4v) is 0.931. The van der Waals surface area contributed by atoms with Crippen LogP contribution in [0.15, 0.2) is 24.5 Å². The average molecular weight is 193 g/mol. The van der Waals surface area contributed by atoms with Gasteiger partial charge in [0, 0.05) is 0 Å². The lowest BCUT2D eigenvalue weighted by atomic mass is 10.2. The third-order valence-electron chi connectivity index (χ3n) is 1.54. The summed E-state index contributed by atoms with van der Waals surface area (Å²) in [6.07, 6.45) is 5.84. The quantitative estimate of drug-likeness (QED) is 0.667. The van der Waals surface area contributed by atoms with Gasteiger partial charge in [0.1, 0.15) is 0 Å². The minimum Gasteiger partial charge on any atom is -0.484 e. The Morgan fingerprint density at radius 3 is 3.14 bits per heavy atom. The van der Waals surface area contributed by atoms with Crippen molar-refractivity contribution in [2.45, 2.75) is 6.10 Å². The molecule has 0 radical (unpaired) electrons. The van der Waals surface area contributed by atoms with Crippen LogP contribution in [0.2, 0.25) is 0 Å². The van der Waals surface area contributed by atoms with Crippen molar-refractivity contribution in [3.63, 3.8) is 0 Å². The lowest BCUT2D eigenvalue weighted by molar-refractivity contribution is -0.122. The second-order valence-corrected chi connectivity index (χ2v) is 2.49. The minimum atomic E-state index is -0.640. The molecule has 1 aliphatic rings. The number of carbonyl (C=O) groups excluding carboxylic acids is 1. The van der Waals surface area contributed by atoms with Gasteiger partial charge in [0.15, 0.2) is 6.10 Å². The van der Waals surface area contributed by atoms with Crippen molar-refractivity contribution in [2.75, 3.05) is 5.32 Å². The number of rotatable bonds is 2. The van der Waals surface area contributed by atoms with Gasteiger partial charge >= 0.3 is 0 Å². The molecule has 0 bridgehead atoms. The number of amides is 1. The van der Waals surface area contributed by atoms with E-state index in [9.17, 15) is 4.79 Å². The van der Waals surface area contributed by atoms with Gasteiger partial charge in [0.25, 0.3) is 11.9 Å². The molecule has 7 heteroatoms. The van der Waals surface area contributed by atoms with Crippen LogP contribution in [0, 0.1) is 0 Å². The van der Waals surface area contributed by atoms with Crippen molar-refractivity contribution in [2.24, 2.45) is 0 Å². The molecule has 1 aliphatic heterocycles.